The van der Waals surface area contributed by atoms with Gasteiger partial charge in [0.15, 0.2) is 0 Å². The van der Waals surface area contributed by atoms with Gasteiger partial charge in [-0.05, 0) is 55.8 Å². The number of anilines is 1. The van der Waals surface area contributed by atoms with E-state index in [0.717, 1.165) is 25.1 Å². The molecular formula is C19H28N2O2. The van der Waals surface area contributed by atoms with Gasteiger partial charge >= 0.3 is 0 Å². The summed E-state index contributed by atoms with van der Waals surface area (Å²) >= 11 is 0. The van der Waals surface area contributed by atoms with Crippen LogP contribution < -0.4 is 5.32 Å². The summed E-state index contributed by atoms with van der Waals surface area (Å²) in [6.07, 6.45) is 8.69. The van der Waals surface area contributed by atoms with Crippen molar-refractivity contribution in [1.29, 1.82) is 0 Å². The van der Waals surface area contributed by atoms with E-state index in [0.29, 0.717) is 12.5 Å². The van der Waals surface area contributed by atoms with Gasteiger partial charge in [-0.1, -0.05) is 31.4 Å². The molecule has 23 heavy (non-hydrogen) atoms. The van der Waals surface area contributed by atoms with Gasteiger partial charge in [-0.3, -0.25) is 9.69 Å². The van der Waals surface area contributed by atoms with E-state index in [4.69, 9.17) is 0 Å². The highest BCUT2D eigenvalue weighted by molar-refractivity contribution is 5.92. The SMILES string of the molecule is O=C(CN1CCCC1CO)Nc1ccc(C2CCCCC2)cc1. The van der Waals surface area contributed by atoms with Crippen molar-refractivity contribution in [2.75, 3.05) is 25.0 Å². The largest absolute Gasteiger partial charge is 0.395 e. The monoisotopic (exact) mass is 316 g/mol. The zero-order chi connectivity index (χ0) is 16.1. The van der Waals surface area contributed by atoms with Crippen molar-refractivity contribution < 1.29 is 9.90 Å². The fourth-order valence-corrected chi connectivity index (χ4v) is 3.97. The molecule has 3 rings (SSSR count). The highest BCUT2D eigenvalue weighted by atomic mass is 16.3. The Labute approximate surface area is 138 Å². The number of amides is 1. The van der Waals surface area contributed by atoms with E-state index < -0.39 is 0 Å². The number of hydrogen-bond acceptors (Lipinski definition) is 3. The Kier molecular flexibility index (Phi) is 5.68. The lowest BCUT2D eigenvalue weighted by Crippen LogP contribution is -2.38. The molecule has 1 amide bonds. The van der Waals surface area contributed by atoms with Crippen molar-refractivity contribution in [3.8, 4) is 0 Å². The summed E-state index contributed by atoms with van der Waals surface area (Å²) in [6, 6.07) is 8.52. The van der Waals surface area contributed by atoms with Gasteiger partial charge in [-0.2, -0.15) is 0 Å². The van der Waals surface area contributed by atoms with E-state index in [9.17, 15) is 9.90 Å². The number of nitrogens with one attached hydrogen (secondary N) is 1. The maximum atomic E-state index is 12.2. The normalized spacial score (nSPS) is 23.1. The molecule has 0 bridgehead atoms. The molecular weight excluding hydrogens is 288 g/mol. The third-order valence-corrected chi connectivity index (χ3v) is 5.33. The summed E-state index contributed by atoms with van der Waals surface area (Å²) < 4.78 is 0. The molecule has 1 aromatic rings. The molecule has 0 radical (unpaired) electrons. The summed E-state index contributed by atoms with van der Waals surface area (Å²) in [7, 11) is 0. The quantitative estimate of drug-likeness (QED) is 0.877. The van der Waals surface area contributed by atoms with Crippen molar-refractivity contribution in [2.24, 2.45) is 0 Å². The van der Waals surface area contributed by atoms with Gasteiger partial charge < -0.3 is 10.4 Å². The second kappa shape index (κ2) is 7.93. The predicted octanol–water partition coefficient (Wildman–Crippen LogP) is 3.13. The molecule has 2 N–H and O–H groups in total. The Bertz CT molecular complexity index is 509. The summed E-state index contributed by atoms with van der Waals surface area (Å²) in [6.45, 7) is 1.41. The van der Waals surface area contributed by atoms with Crippen LogP contribution in [0.3, 0.4) is 0 Å². The molecule has 4 heteroatoms. The summed E-state index contributed by atoms with van der Waals surface area (Å²) in [5.41, 5.74) is 2.27. The molecule has 2 fully saturated rings. The number of aliphatic hydroxyl groups excluding tert-OH is 1. The van der Waals surface area contributed by atoms with Crippen LogP contribution in [0.1, 0.15) is 56.4 Å². The molecule has 126 valence electrons. The molecule has 2 aliphatic rings. The van der Waals surface area contributed by atoms with Crippen LogP contribution in [0.15, 0.2) is 24.3 Å². The number of carbonyl (C=O) groups is 1. The molecule has 0 aromatic heterocycles. The molecule has 1 heterocycles. The average Bonchev–Trinajstić information content (AvgIpc) is 3.03. The maximum Gasteiger partial charge on any atom is 0.238 e. The van der Waals surface area contributed by atoms with Crippen LogP contribution in [0.4, 0.5) is 5.69 Å². The number of nitrogens with zero attached hydrogens (tertiary/aromatic N) is 1. The molecule has 4 nitrogen and oxygen atoms in total. The molecule has 1 unspecified atom stereocenters. The van der Waals surface area contributed by atoms with Crippen LogP contribution in [0.2, 0.25) is 0 Å². The number of likely N-dealkylation sites (tertiary alicyclic amines) is 1. The first-order chi connectivity index (χ1) is 11.3. The van der Waals surface area contributed by atoms with Crippen molar-refractivity contribution in [1.82, 2.24) is 4.90 Å². The van der Waals surface area contributed by atoms with Gasteiger partial charge in [0.1, 0.15) is 0 Å². The second-order valence-electron chi connectivity index (χ2n) is 6.95. The Morgan fingerprint density at radius 2 is 1.83 bits per heavy atom. The molecule has 1 aliphatic carbocycles. The number of benzene rings is 1. The zero-order valence-electron chi connectivity index (χ0n) is 13.8. The third-order valence-electron chi connectivity index (χ3n) is 5.33. The lowest BCUT2D eigenvalue weighted by molar-refractivity contribution is -0.117. The second-order valence-corrected chi connectivity index (χ2v) is 6.95. The summed E-state index contributed by atoms with van der Waals surface area (Å²) in [5.74, 6) is 0.708. The first-order valence-corrected chi connectivity index (χ1v) is 9.01. The van der Waals surface area contributed by atoms with E-state index in [1.165, 1.54) is 37.7 Å². The van der Waals surface area contributed by atoms with Crippen molar-refractivity contribution in [3.63, 3.8) is 0 Å². The van der Waals surface area contributed by atoms with E-state index in [-0.39, 0.29) is 18.6 Å². The first kappa shape index (κ1) is 16.5. The molecule has 1 saturated heterocycles. The zero-order valence-corrected chi connectivity index (χ0v) is 13.8. The van der Waals surface area contributed by atoms with Crippen LogP contribution in [0, 0.1) is 0 Å². The van der Waals surface area contributed by atoms with Crippen molar-refractivity contribution in [2.45, 2.75) is 56.9 Å². The first-order valence-electron chi connectivity index (χ1n) is 9.01. The van der Waals surface area contributed by atoms with Crippen LogP contribution in [0.25, 0.3) is 0 Å². The molecule has 0 spiro atoms. The highest BCUT2D eigenvalue weighted by Gasteiger charge is 2.25. The Morgan fingerprint density at radius 3 is 2.52 bits per heavy atom. The lowest BCUT2D eigenvalue weighted by atomic mass is 9.84. The third kappa shape index (κ3) is 4.33. The lowest BCUT2D eigenvalue weighted by Gasteiger charge is -2.23. The van der Waals surface area contributed by atoms with Gasteiger partial charge in [0.25, 0.3) is 0 Å². The van der Waals surface area contributed by atoms with E-state index in [1.807, 2.05) is 12.1 Å². The minimum Gasteiger partial charge on any atom is -0.395 e. The smallest absolute Gasteiger partial charge is 0.238 e. The Balaban J connectivity index is 1.52. The van der Waals surface area contributed by atoms with Crippen LogP contribution in [-0.2, 0) is 4.79 Å². The Morgan fingerprint density at radius 1 is 1.09 bits per heavy atom. The number of hydrogen-bond donors (Lipinski definition) is 2. The molecule has 1 aromatic carbocycles. The molecule has 1 saturated carbocycles. The topological polar surface area (TPSA) is 52.6 Å². The van der Waals surface area contributed by atoms with Crippen LogP contribution >= 0.6 is 0 Å². The summed E-state index contributed by atoms with van der Waals surface area (Å²) in [5, 5.41) is 12.3. The van der Waals surface area contributed by atoms with E-state index in [2.05, 4.69) is 22.3 Å². The van der Waals surface area contributed by atoms with Gasteiger partial charge in [0, 0.05) is 11.7 Å². The average molecular weight is 316 g/mol. The standard InChI is InChI=1S/C19H28N2O2/c22-14-18-7-4-12-21(18)13-19(23)20-17-10-8-16(9-11-17)15-5-2-1-3-6-15/h8-11,15,18,22H,1-7,12-14H2,(H,20,23). The van der Waals surface area contributed by atoms with Gasteiger partial charge in [0.05, 0.1) is 13.2 Å². The van der Waals surface area contributed by atoms with Crippen LogP contribution in [0.5, 0.6) is 0 Å². The number of rotatable bonds is 5. The van der Waals surface area contributed by atoms with Crippen molar-refractivity contribution >= 4 is 11.6 Å². The fourth-order valence-electron chi connectivity index (χ4n) is 3.97. The van der Waals surface area contributed by atoms with Gasteiger partial charge in [0.2, 0.25) is 5.91 Å². The van der Waals surface area contributed by atoms with E-state index in [1.54, 1.807) is 0 Å². The van der Waals surface area contributed by atoms with Crippen LogP contribution in [-0.4, -0.2) is 41.7 Å². The maximum absolute atomic E-state index is 12.2. The summed E-state index contributed by atoms with van der Waals surface area (Å²) in [4.78, 5) is 14.3. The van der Waals surface area contributed by atoms with Gasteiger partial charge in [-0.15, -0.1) is 0 Å². The minimum atomic E-state index is 0.00997. The molecule has 1 aliphatic heterocycles. The predicted molar refractivity (Wildman–Crippen MR) is 92.6 cm³/mol. The van der Waals surface area contributed by atoms with Gasteiger partial charge in [-0.25, -0.2) is 0 Å². The van der Waals surface area contributed by atoms with Crippen molar-refractivity contribution in [3.05, 3.63) is 29.8 Å². The number of aliphatic hydroxyl groups is 1. The van der Waals surface area contributed by atoms with E-state index >= 15 is 0 Å². The Hall–Kier alpha value is -1.39. The molecule has 1 atom stereocenters. The fraction of sp³-hybridized carbons (Fsp3) is 0.632. The highest BCUT2D eigenvalue weighted by Crippen LogP contribution is 2.32. The number of carbonyl (C=O) groups excluding carboxylic acids is 1. The minimum absolute atomic E-state index is 0.00997.